The normalized spacial score (nSPS) is 10.3. The molecule has 6 heteroatoms. The zero-order valence-corrected chi connectivity index (χ0v) is 13.1. The highest BCUT2D eigenvalue weighted by Crippen LogP contribution is 2.36. The Bertz CT molecular complexity index is 630. The van der Waals surface area contributed by atoms with Crippen LogP contribution in [0.1, 0.15) is 5.56 Å². The molecule has 0 atom stereocenters. The molecule has 1 N–H and O–H groups in total. The van der Waals surface area contributed by atoms with Gasteiger partial charge in [0.1, 0.15) is 17.3 Å². The monoisotopic (exact) mass is 329 g/mol. The summed E-state index contributed by atoms with van der Waals surface area (Å²) >= 11 is 11.9. The first-order chi connectivity index (χ1) is 10.0. The van der Waals surface area contributed by atoms with Gasteiger partial charge in [0, 0.05) is 23.7 Å². The van der Waals surface area contributed by atoms with Crippen molar-refractivity contribution in [2.45, 2.75) is 6.54 Å². The molecule has 0 aromatic heterocycles. The second-order valence-electron chi connectivity index (χ2n) is 4.32. The fourth-order valence-electron chi connectivity index (χ4n) is 1.91. The summed E-state index contributed by atoms with van der Waals surface area (Å²) in [4.78, 5) is 0. The molecule has 0 spiro atoms. The molecule has 0 heterocycles. The molecule has 0 aliphatic carbocycles. The molecule has 0 aliphatic rings. The Morgan fingerprint density at radius 1 is 1.00 bits per heavy atom. The maximum Gasteiger partial charge on any atom is 0.143 e. The van der Waals surface area contributed by atoms with Gasteiger partial charge in [-0.15, -0.1) is 0 Å². The van der Waals surface area contributed by atoms with Gasteiger partial charge in [-0.1, -0.05) is 23.2 Å². The third kappa shape index (κ3) is 3.93. The topological polar surface area (TPSA) is 30.5 Å². The SMILES string of the molecule is COc1cc(NCc2cc(F)cc(Cl)c2)c(OC)cc1Cl. The van der Waals surface area contributed by atoms with E-state index in [0.29, 0.717) is 33.8 Å². The van der Waals surface area contributed by atoms with Gasteiger partial charge in [-0.05, 0) is 23.8 Å². The van der Waals surface area contributed by atoms with Crippen LogP contribution in [0.2, 0.25) is 10.0 Å². The first-order valence-corrected chi connectivity index (χ1v) is 6.89. The third-order valence-corrected chi connectivity index (χ3v) is 3.39. The van der Waals surface area contributed by atoms with Crippen molar-refractivity contribution in [3.63, 3.8) is 0 Å². The molecular weight excluding hydrogens is 316 g/mol. The minimum absolute atomic E-state index is 0.354. The molecule has 0 saturated heterocycles. The third-order valence-electron chi connectivity index (χ3n) is 2.88. The summed E-state index contributed by atoms with van der Waals surface area (Å²) in [6.07, 6.45) is 0. The molecule has 0 radical (unpaired) electrons. The van der Waals surface area contributed by atoms with Crippen LogP contribution in [0.5, 0.6) is 11.5 Å². The van der Waals surface area contributed by atoms with Gasteiger partial charge in [-0.25, -0.2) is 4.39 Å². The van der Waals surface area contributed by atoms with Crippen LogP contribution in [0.4, 0.5) is 10.1 Å². The van der Waals surface area contributed by atoms with E-state index in [-0.39, 0.29) is 5.82 Å². The molecule has 0 bridgehead atoms. The molecule has 0 aliphatic heterocycles. The zero-order chi connectivity index (χ0) is 15.4. The number of hydrogen-bond acceptors (Lipinski definition) is 3. The second kappa shape index (κ2) is 6.87. The fourth-order valence-corrected chi connectivity index (χ4v) is 2.38. The molecule has 0 fully saturated rings. The van der Waals surface area contributed by atoms with Crippen LogP contribution in [0.15, 0.2) is 30.3 Å². The Morgan fingerprint density at radius 2 is 1.71 bits per heavy atom. The average Bonchev–Trinajstić information content (AvgIpc) is 2.44. The van der Waals surface area contributed by atoms with Crippen molar-refractivity contribution >= 4 is 28.9 Å². The molecule has 3 nitrogen and oxygen atoms in total. The van der Waals surface area contributed by atoms with E-state index >= 15 is 0 Å². The summed E-state index contributed by atoms with van der Waals surface area (Å²) in [5.41, 5.74) is 1.41. The Balaban J connectivity index is 2.22. The van der Waals surface area contributed by atoms with E-state index in [4.69, 9.17) is 32.7 Å². The minimum atomic E-state index is -0.375. The molecule has 2 aromatic rings. The maximum atomic E-state index is 13.3. The number of benzene rings is 2. The predicted molar refractivity (Wildman–Crippen MR) is 83.3 cm³/mol. The van der Waals surface area contributed by atoms with Gasteiger partial charge in [0.15, 0.2) is 0 Å². The van der Waals surface area contributed by atoms with Crippen molar-refractivity contribution in [3.05, 3.63) is 51.8 Å². The first-order valence-electron chi connectivity index (χ1n) is 6.14. The lowest BCUT2D eigenvalue weighted by Gasteiger charge is -2.14. The van der Waals surface area contributed by atoms with E-state index in [0.717, 1.165) is 5.56 Å². The van der Waals surface area contributed by atoms with Crippen LogP contribution in [0, 0.1) is 5.82 Å². The van der Waals surface area contributed by atoms with Gasteiger partial charge in [0.25, 0.3) is 0 Å². The standard InChI is InChI=1S/C15H14Cl2FNO2/c1-20-14-7-13(15(21-2)6-12(14)17)19-8-9-3-10(16)5-11(18)4-9/h3-7,19H,8H2,1-2H3. The number of nitrogens with one attached hydrogen (secondary N) is 1. The molecule has 21 heavy (non-hydrogen) atoms. The fraction of sp³-hybridized carbons (Fsp3) is 0.200. The van der Waals surface area contributed by atoms with E-state index in [1.165, 1.54) is 19.2 Å². The van der Waals surface area contributed by atoms with Crippen molar-refractivity contribution < 1.29 is 13.9 Å². The number of methoxy groups -OCH3 is 2. The predicted octanol–water partition coefficient (Wildman–Crippen LogP) is 4.76. The van der Waals surface area contributed by atoms with Gasteiger partial charge in [-0.3, -0.25) is 0 Å². The van der Waals surface area contributed by atoms with Gasteiger partial charge in [0.2, 0.25) is 0 Å². The lowest BCUT2D eigenvalue weighted by atomic mass is 10.2. The Kier molecular flexibility index (Phi) is 5.15. The number of halogens is 3. The van der Waals surface area contributed by atoms with Crippen LogP contribution in [0.3, 0.4) is 0 Å². The van der Waals surface area contributed by atoms with Crippen molar-refractivity contribution in [1.82, 2.24) is 0 Å². The van der Waals surface area contributed by atoms with E-state index < -0.39 is 0 Å². The highest BCUT2D eigenvalue weighted by Gasteiger charge is 2.10. The van der Waals surface area contributed by atoms with Gasteiger partial charge in [-0.2, -0.15) is 0 Å². The molecule has 0 saturated carbocycles. The quantitative estimate of drug-likeness (QED) is 0.857. The number of ether oxygens (including phenoxy) is 2. The summed E-state index contributed by atoms with van der Waals surface area (Å²) in [6, 6.07) is 7.75. The van der Waals surface area contributed by atoms with Crippen molar-refractivity contribution in [3.8, 4) is 11.5 Å². The molecule has 0 amide bonds. The van der Waals surface area contributed by atoms with E-state index in [1.807, 2.05) is 0 Å². The largest absolute Gasteiger partial charge is 0.495 e. The van der Waals surface area contributed by atoms with E-state index in [1.54, 1.807) is 25.3 Å². The molecule has 2 aromatic carbocycles. The minimum Gasteiger partial charge on any atom is -0.495 e. The molecule has 112 valence electrons. The number of hydrogen-bond donors (Lipinski definition) is 1. The summed E-state index contributed by atoms with van der Waals surface area (Å²) in [7, 11) is 3.08. The van der Waals surface area contributed by atoms with Gasteiger partial charge in [0.05, 0.1) is 24.9 Å². The maximum absolute atomic E-state index is 13.3. The number of rotatable bonds is 5. The van der Waals surface area contributed by atoms with E-state index in [2.05, 4.69) is 5.32 Å². The summed E-state index contributed by atoms with van der Waals surface area (Å²) in [5, 5.41) is 3.95. The lowest BCUT2D eigenvalue weighted by Crippen LogP contribution is -2.02. The Morgan fingerprint density at radius 3 is 2.33 bits per heavy atom. The highest BCUT2D eigenvalue weighted by atomic mass is 35.5. The molecule has 0 unspecified atom stereocenters. The van der Waals surface area contributed by atoms with Gasteiger partial charge >= 0.3 is 0 Å². The van der Waals surface area contributed by atoms with Crippen molar-refractivity contribution in [1.29, 1.82) is 0 Å². The van der Waals surface area contributed by atoms with Crippen LogP contribution in [-0.2, 0) is 6.54 Å². The van der Waals surface area contributed by atoms with Crippen molar-refractivity contribution in [2.75, 3.05) is 19.5 Å². The molecular formula is C15H14Cl2FNO2. The first kappa shape index (κ1) is 15.7. The van der Waals surface area contributed by atoms with Crippen LogP contribution in [0.25, 0.3) is 0 Å². The summed E-state index contributed by atoms with van der Waals surface area (Å²) in [6.45, 7) is 0.388. The molecule has 2 rings (SSSR count). The van der Waals surface area contributed by atoms with E-state index in [9.17, 15) is 4.39 Å². The second-order valence-corrected chi connectivity index (χ2v) is 5.16. The average molecular weight is 330 g/mol. The van der Waals surface area contributed by atoms with Crippen LogP contribution >= 0.6 is 23.2 Å². The van der Waals surface area contributed by atoms with Crippen molar-refractivity contribution in [2.24, 2.45) is 0 Å². The van der Waals surface area contributed by atoms with Gasteiger partial charge < -0.3 is 14.8 Å². The summed E-state index contributed by atoms with van der Waals surface area (Å²) in [5.74, 6) is 0.723. The summed E-state index contributed by atoms with van der Waals surface area (Å²) < 4.78 is 23.7. The Hall–Kier alpha value is -1.65. The van der Waals surface area contributed by atoms with Crippen LogP contribution < -0.4 is 14.8 Å². The zero-order valence-electron chi connectivity index (χ0n) is 11.5. The lowest BCUT2D eigenvalue weighted by molar-refractivity contribution is 0.404. The number of anilines is 1. The highest BCUT2D eigenvalue weighted by molar-refractivity contribution is 6.32. The Labute approximate surface area is 132 Å². The van der Waals surface area contributed by atoms with Crippen LogP contribution in [-0.4, -0.2) is 14.2 Å². The smallest absolute Gasteiger partial charge is 0.143 e.